The normalized spacial score (nSPS) is 20.8. The molecule has 15 amide bonds. The average molecular weight is 1600 g/mol. The van der Waals surface area contributed by atoms with Crippen molar-refractivity contribution in [3.05, 3.63) is 47.0 Å². The Morgan fingerprint density at radius 2 is 0.973 bits per heavy atom. The molecule has 0 aliphatic carbocycles. The molecule has 0 radical (unpaired) electrons. The Morgan fingerprint density at radius 1 is 0.513 bits per heavy atom. The van der Waals surface area contributed by atoms with Gasteiger partial charge in [0.05, 0.1) is 85.6 Å². The molecule has 1 fully saturated rings. The van der Waals surface area contributed by atoms with E-state index in [-0.39, 0.29) is 119 Å². The molecule has 1 aromatic carbocycles. The number of nitrogens with one attached hydrogen (secondary N) is 7. The maximum Gasteiger partial charge on any atom is 0.251 e. The molecule has 36 heteroatoms. The number of allylic oxidation sites excluding steroid dienone is 2. The van der Waals surface area contributed by atoms with Crippen molar-refractivity contribution < 1.29 is 95.6 Å². The molecule has 9 unspecified atom stereocenters. The van der Waals surface area contributed by atoms with Gasteiger partial charge >= 0.3 is 0 Å². The second-order valence-corrected chi connectivity index (χ2v) is 29.9. The van der Waals surface area contributed by atoms with Crippen LogP contribution in [0.1, 0.15) is 146 Å². The number of ether oxygens (including phenoxy) is 5. The van der Waals surface area contributed by atoms with Gasteiger partial charge in [-0.2, -0.15) is 0 Å². The van der Waals surface area contributed by atoms with Crippen LogP contribution in [-0.4, -0.2) is 333 Å². The molecular formula is C77H130N16O20. The molecule has 0 spiro atoms. The third-order valence-electron chi connectivity index (χ3n) is 18.8. The summed E-state index contributed by atoms with van der Waals surface area (Å²) in [5.41, 5.74) is 10.9. The SMILES string of the molecule is CC=CCC(C)CC1C(=O)NCC(=O)N(C)CC(=O)N(C)C(CC(C)C)C(=O)NC(C(C)CC)C(=O)N(C)CC(=O)NC(C)C(=O)NC(COCC(=O)NCCOCCOCCNC(=O)c2cc(C(N)=O)cc(C(=O)NCCOCCOCCN)c2)C(=O)N(C)C(CC(C)C)C(=O)N(C)C(CC(C)C)C(=O)N(C)CC(=O)N1C. The Kier molecular flexibility index (Phi) is 46.1. The second kappa shape index (κ2) is 52.2. The van der Waals surface area contributed by atoms with Crippen molar-refractivity contribution in [3.8, 4) is 0 Å². The quantitative estimate of drug-likeness (QED) is 0.0283. The summed E-state index contributed by atoms with van der Waals surface area (Å²) in [6.45, 7) is 17.9. The smallest absolute Gasteiger partial charge is 0.251 e. The highest BCUT2D eigenvalue weighted by Gasteiger charge is 2.41. The molecule has 0 saturated carbocycles. The minimum atomic E-state index is -1.64. The standard InChI is InChI=1S/C77H130N16O20/c1-19-21-22-51(9)38-59-72(103)83-42-64(96)87(12)44-65(97)90(15)58(35-48(3)4)73(104)86-67(52(10)20-2)77(108)88(13)43-62(94)84-53(11)69(100)85-57(74(105)92(17)61(37-50(7)8)76(107)93(18)60(36-49(5)6)75(106)89(14)45-66(98)91(59)16)46-113-47-63(95)80-24-28-110-33-34-112-30-26-82-71(102)56-40-54(68(79)99)39-55(41-56)70(101)81-25-29-111-32-31-109-27-23-78/h19,21,39-41,48-53,57-61,67H,20,22-38,42-47,78H2,1-18H3,(H2,79,99)(H,80,95)(H,81,101)(H,82,102)(H,83,103)(H,84,94)(H,85,100)(H,86,104). The van der Waals surface area contributed by atoms with Gasteiger partial charge in [0, 0.05) is 92.2 Å². The zero-order valence-corrected chi connectivity index (χ0v) is 69.7. The van der Waals surface area contributed by atoms with Crippen LogP contribution in [0.5, 0.6) is 0 Å². The van der Waals surface area contributed by atoms with E-state index in [0.717, 1.165) is 19.6 Å². The van der Waals surface area contributed by atoms with E-state index in [0.29, 0.717) is 39.2 Å². The lowest BCUT2D eigenvalue weighted by atomic mass is 9.96. The summed E-state index contributed by atoms with van der Waals surface area (Å²) >= 11 is 0. The van der Waals surface area contributed by atoms with Crippen molar-refractivity contribution in [1.29, 1.82) is 0 Å². The number of benzene rings is 1. The number of carbonyl (C=O) groups excluding carboxylic acids is 15. The van der Waals surface area contributed by atoms with E-state index in [9.17, 15) is 62.3 Å². The summed E-state index contributed by atoms with van der Waals surface area (Å²) in [6.07, 6.45) is 5.07. The van der Waals surface area contributed by atoms with Crippen LogP contribution in [0.2, 0.25) is 0 Å². The molecule has 36 nitrogen and oxygen atoms in total. The van der Waals surface area contributed by atoms with E-state index in [1.165, 1.54) is 89.2 Å². The molecule has 1 aliphatic heterocycles. The Morgan fingerprint density at radius 3 is 1.47 bits per heavy atom. The van der Waals surface area contributed by atoms with Gasteiger partial charge in [-0.3, -0.25) is 71.9 Å². The molecular weight excluding hydrogens is 1470 g/mol. The molecule has 1 aliphatic rings. The first kappa shape index (κ1) is 99.8. The molecule has 1 heterocycles. The molecule has 113 heavy (non-hydrogen) atoms. The lowest BCUT2D eigenvalue weighted by molar-refractivity contribution is -0.153. The molecule has 2 rings (SSSR count). The van der Waals surface area contributed by atoms with Gasteiger partial charge in [0.1, 0.15) is 48.9 Å². The van der Waals surface area contributed by atoms with Crippen molar-refractivity contribution in [2.24, 2.45) is 41.1 Å². The van der Waals surface area contributed by atoms with Gasteiger partial charge < -0.3 is 107 Å². The van der Waals surface area contributed by atoms with Crippen molar-refractivity contribution >= 4 is 88.6 Å². The van der Waals surface area contributed by atoms with Crippen molar-refractivity contribution in [2.75, 3.05) is 168 Å². The third kappa shape index (κ3) is 35.8. The predicted octanol–water partition coefficient (Wildman–Crippen LogP) is -1.13. The van der Waals surface area contributed by atoms with Crippen LogP contribution in [0.15, 0.2) is 30.4 Å². The fourth-order valence-electron chi connectivity index (χ4n) is 11.8. The number of primary amides is 1. The lowest BCUT2D eigenvalue weighted by Crippen LogP contribution is -2.60. The number of nitrogens with zero attached hydrogens (tertiary/aromatic N) is 7. The third-order valence-corrected chi connectivity index (χ3v) is 18.8. The first-order chi connectivity index (χ1) is 53.2. The maximum atomic E-state index is 15.1. The minimum Gasteiger partial charge on any atom is -0.378 e. The maximum absolute atomic E-state index is 15.1. The van der Waals surface area contributed by atoms with Crippen LogP contribution < -0.4 is 48.7 Å². The van der Waals surface area contributed by atoms with E-state index in [2.05, 4.69) is 37.2 Å². The fraction of sp³-hybridized carbons (Fsp3) is 0.701. The molecule has 0 aromatic heterocycles. The highest BCUT2D eigenvalue weighted by atomic mass is 16.5. The largest absolute Gasteiger partial charge is 0.378 e. The van der Waals surface area contributed by atoms with Crippen LogP contribution in [0, 0.1) is 29.6 Å². The van der Waals surface area contributed by atoms with Crippen molar-refractivity contribution in [2.45, 2.75) is 157 Å². The number of nitrogens with two attached hydrogens (primary N) is 2. The molecule has 638 valence electrons. The van der Waals surface area contributed by atoms with Crippen LogP contribution in [-0.2, 0) is 81.2 Å². The molecule has 9 atom stereocenters. The molecule has 1 aromatic rings. The number of rotatable bonds is 36. The fourth-order valence-corrected chi connectivity index (χ4v) is 11.8. The van der Waals surface area contributed by atoms with Gasteiger partial charge in [0.15, 0.2) is 0 Å². The minimum absolute atomic E-state index is 0.00755. The van der Waals surface area contributed by atoms with Gasteiger partial charge in [-0.1, -0.05) is 80.9 Å². The van der Waals surface area contributed by atoms with Crippen LogP contribution >= 0.6 is 0 Å². The Hall–Kier alpha value is -9.23. The predicted molar refractivity (Wildman–Crippen MR) is 420 cm³/mol. The first-order valence-corrected chi connectivity index (χ1v) is 38.7. The number of amides is 15. The number of hydrogen-bond acceptors (Lipinski definition) is 21. The number of likely N-dealkylation sites (N-methyl/N-ethyl adjacent to an activating group) is 7. The highest BCUT2D eigenvalue weighted by Crippen LogP contribution is 2.23. The van der Waals surface area contributed by atoms with Crippen LogP contribution in [0.3, 0.4) is 0 Å². The summed E-state index contributed by atoms with van der Waals surface area (Å²) in [6, 6.07) is -5.25. The van der Waals surface area contributed by atoms with E-state index in [1.54, 1.807) is 13.8 Å². The zero-order chi connectivity index (χ0) is 85.4. The highest BCUT2D eigenvalue weighted by molar-refractivity contribution is 6.04. The summed E-state index contributed by atoms with van der Waals surface area (Å²) in [5.74, 6) is -12.0. The molecule has 1 saturated heterocycles. The van der Waals surface area contributed by atoms with Crippen LogP contribution in [0.4, 0.5) is 0 Å². The van der Waals surface area contributed by atoms with E-state index < -0.39 is 176 Å². The van der Waals surface area contributed by atoms with Gasteiger partial charge in [-0.15, -0.1) is 0 Å². The van der Waals surface area contributed by atoms with Gasteiger partial charge in [0.2, 0.25) is 76.8 Å². The van der Waals surface area contributed by atoms with E-state index in [4.69, 9.17) is 35.2 Å². The van der Waals surface area contributed by atoms with E-state index >= 15 is 9.59 Å². The summed E-state index contributed by atoms with van der Waals surface area (Å²) in [4.78, 5) is 218. The van der Waals surface area contributed by atoms with Gasteiger partial charge in [-0.05, 0) is 93.7 Å². The number of hydrogen-bond donors (Lipinski definition) is 9. The first-order valence-electron chi connectivity index (χ1n) is 38.7. The topological polar surface area (TPSA) is 461 Å². The van der Waals surface area contributed by atoms with Gasteiger partial charge in [0.25, 0.3) is 11.8 Å². The van der Waals surface area contributed by atoms with Crippen molar-refractivity contribution in [3.63, 3.8) is 0 Å². The van der Waals surface area contributed by atoms with Crippen LogP contribution in [0.25, 0.3) is 0 Å². The zero-order valence-electron chi connectivity index (χ0n) is 69.7. The second-order valence-electron chi connectivity index (χ2n) is 29.9. The Labute approximate surface area is 665 Å². The Bertz CT molecular complexity index is 3340. The van der Waals surface area contributed by atoms with Crippen molar-refractivity contribution in [1.82, 2.24) is 71.5 Å². The molecule has 0 bridgehead atoms. The van der Waals surface area contributed by atoms with Gasteiger partial charge in [-0.25, -0.2) is 0 Å². The molecule has 11 N–H and O–H groups in total. The summed E-state index contributed by atoms with van der Waals surface area (Å²) in [7, 11) is 9.60. The lowest BCUT2D eigenvalue weighted by Gasteiger charge is -2.38. The summed E-state index contributed by atoms with van der Waals surface area (Å²) in [5, 5.41) is 18.5. The van der Waals surface area contributed by atoms with E-state index in [1.807, 2.05) is 67.5 Å². The number of carbonyl (C=O) groups is 15. The summed E-state index contributed by atoms with van der Waals surface area (Å²) < 4.78 is 27.6. The monoisotopic (exact) mass is 1600 g/mol. The Balaban J connectivity index is 2.49. The average Bonchev–Trinajstić information content (AvgIpc) is 1.05.